The highest BCUT2D eigenvalue weighted by Gasteiger charge is 2.27. The molecule has 1 aromatic carbocycles. The molecule has 1 heterocycles. The molecule has 128 valence electrons. The van der Waals surface area contributed by atoms with Crippen molar-refractivity contribution in [2.75, 3.05) is 14.2 Å². The molecule has 0 aliphatic carbocycles. The van der Waals surface area contributed by atoms with Crippen LogP contribution in [-0.4, -0.2) is 36.0 Å². The van der Waals surface area contributed by atoms with E-state index in [2.05, 4.69) is 4.74 Å². The van der Waals surface area contributed by atoms with E-state index >= 15 is 0 Å². The number of ether oxygens (including phenoxy) is 2. The van der Waals surface area contributed by atoms with Crippen molar-refractivity contribution in [3.05, 3.63) is 27.1 Å². The number of benzene rings is 1. The molecule has 0 unspecified atom stereocenters. The number of methoxy groups -OCH3 is 2. The van der Waals surface area contributed by atoms with Crippen LogP contribution in [-0.2, 0) is 9.53 Å². The molecule has 0 spiro atoms. The number of hydrogen-bond acceptors (Lipinski definition) is 8. The summed E-state index contributed by atoms with van der Waals surface area (Å²) < 4.78 is 9.94. The lowest BCUT2D eigenvalue weighted by Crippen LogP contribution is -2.16. The van der Waals surface area contributed by atoms with E-state index in [1.165, 1.54) is 26.4 Å². The Bertz CT molecular complexity index is 827. The molecular formula is C15H15NO7S. The molecule has 8 nitrogen and oxygen atoms in total. The average Bonchev–Trinajstić information content (AvgIpc) is 2.96. The number of phenols is 1. The normalized spacial score (nSPS) is 12.0. The lowest BCUT2D eigenvalue weighted by molar-refractivity contribution is -0.384. The first kappa shape index (κ1) is 17.7. The van der Waals surface area contributed by atoms with E-state index in [1.54, 1.807) is 6.92 Å². The summed E-state index contributed by atoms with van der Waals surface area (Å²) in [6.07, 6.45) is -0.0730. The molecule has 2 aromatic rings. The number of carbonyl (C=O) groups is 2. The predicted octanol–water partition coefficient (Wildman–Crippen LogP) is 2.91. The van der Waals surface area contributed by atoms with Gasteiger partial charge in [-0.05, 0) is 6.07 Å². The number of aromatic hydroxyl groups is 1. The molecule has 0 amide bonds. The Labute approximate surface area is 140 Å². The zero-order valence-corrected chi connectivity index (χ0v) is 14.0. The summed E-state index contributed by atoms with van der Waals surface area (Å²) in [5.74, 6) is -2.09. The number of phenolic OH excluding ortho intramolecular Hbond substituents is 1. The van der Waals surface area contributed by atoms with E-state index in [9.17, 15) is 24.8 Å². The summed E-state index contributed by atoms with van der Waals surface area (Å²) in [4.78, 5) is 34.5. The average molecular weight is 353 g/mol. The van der Waals surface area contributed by atoms with Crippen molar-refractivity contribution >= 4 is 38.9 Å². The second-order valence-corrected chi connectivity index (χ2v) is 6.19. The van der Waals surface area contributed by atoms with Crippen molar-refractivity contribution in [2.45, 2.75) is 13.3 Å². The number of ketones is 1. The predicted molar refractivity (Wildman–Crippen MR) is 86.8 cm³/mol. The van der Waals surface area contributed by atoms with Gasteiger partial charge < -0.3 is 14.6 Å². The van der Waals surface area contributed by atoms with Gasteiger partial charge in [-0.1, -0.05) is 6.92 Å². The monoisotopic (exact) mass is 353 g/mol. The lowest BCUT2D eigenvalue weighted by Gasteiger charge is -2.06. The molecule has 1 aromatic heterocycles. The molecule has 2 rings (SSSR count). The van der Waals surface area contributed by atoms with Gasteiger partial charge in [-0.3, -0.25) is 19.7 Å². The van der Waals surface area contributed by atoms with E-state index < -0.39 is 28.2 Å². The van der Waals surface area contributed by atoms with E-state index in [0.29, 0.717) is 4.70 Å². The highest BCUT2D eigenvalue weighted by Crippen LogP contribution is 2.45. The number of esters is 1. The Balaban J connectivity index is 2.48. The maximum absolute atomic E-state index is 12.3. The van der Waals surface area contributed by atoms with Crippen LogP contribution >= 0.6 is 11.3 Å². The minimum Gasteiger partial charge on any atom is -0.499 e. The van der Waals surface area contributed by atoms with Crippen LogP contribution in [0.1, 0.15) is 23.0 Å². The van der Waals surface area contributed by atoms with Crippen molar-refractivity contribution in [1.29, 1.82) is 0 Å². The Morgan fingerprint density at radius 2 is 2.04 bits per heavy atom. The fraction of sp³-hybridized carbons (Fsp3) is 0.333. The minimum atomic E-state index is -0.724. The molecule has 0 radical (unpaired) electrons. The van der Waals surface area contributed by atoms with Gasteiger partial charge >= 0.3 is 11.7 Å². The summed E-state index contributed by atoms with van der Waals surface area (Å²) in [5, 5.41) is 21.3. The van der Waals surface area contributed by atoms with E-state index in [1.807, 2.05) is 0 Å². The summed E-state index contributed by atoms with van der Waals surface area (Å²) in [5.41, 5.74) is -0.513. The maximum Gasteiger partial charge on any atom is 0.323 e. The third kappa shape index (κ3) is 3.16. The highest BCUT2D eigenvalue weighted by atomic mass is 32.1. The van der Waals surface area contributed by atoms with Gasteiger partial charge in [0.2, 0.25) is 5.75 Å². The van der Waals surface area contributed by atoms with Crippen molar-refractivity contribution in [3.8, 4) is 11.5 Å². The van der Waals surface area contributed by atoms with Crippen LogP contribution in [0.2, 0.25) is 0 Å². The fourth-order valence-corrected chi connectivity index (χ4v) is 3.31. The Kier molecular flexibility index (Phi) is 5.03. The van der Waals surface area contributed by atoms with Crippen molar-refractivity contribution in [2.24, 2.45) is 5.92 Å². The number of rotatable bonds is 6. The van der Waals surface area contributed by atoms with Crippen molar-refractivity contribution in [3.63, 3.8) is 0 Å². The molecule has 1 N–H and O–H groups in total. The topological polar surface area (TPSA) is 116 Å². The molecule has 0 saturated carbocycles. The smallest absolute Gasteiger partial charge is 0.323 e. The highest BCUT2D eigenvalue weighted by molar-refractivity contribution is 7.21. The molecule has 24 heavy (non-hydrogen) atoms. The van der Waals surface area contributed by atoms with Crippen LogP contribution < -0.4 is 4.74 Å². The van der Waals surface area contributed by atoms with Gasteiger partial charge in [0.1, 0.15) is 0 Å². The molecular weight excluding hydrogens is 338 g/mol. The maximum atomic E-state index is 12.3. The second-order valence-electron chi connectivity index (χ2n) is 5.11. The van der Waals surface area contributed by atoms with Gasteiger partial charge in [-0.25, -0.2) is 0 Å². The van der Waals surface area contributed by atoms with Crippen LogP contribution in [0.25, 0.3) is 10.1 Å². The van der Waals surface area contributed by atoms with E-state index in [0.717, 1.165) is 11.3 Å². The fourth-order valence-electron chi connectivity index (χ4n) is 2.27. The molecule has 0 aliphatic rings. The number of nitrogens with zero attached hydrogens (tertiary/aromatic N) is 1. The molecule has 1 atom stereocenters. The van der Waals surface area contributed by atoms with Crippen LogP contribution in [0.4, 0.5) is 5.69 Å². The van der Waals surface area contributed by atoms with Crippen LogP contribution in [0.15, 0.2) is 12.1 Å². The molecule has 0 aliphatic heterocycles. The Morgan fingerprint density at radius 1 is 1.38 bits per heavy atom. The standard InChI is InChI=1S/C15H15NO7S/c1-7(15(19)23-3)4-9(17)12-5-8-11(24-12)6-10(22-2)14(18)13(8)16(20)21/h5-7,18H,4H2,1-3H3/t7-/m0/s1. The number of nitro benzene ring substituents is 1. The number of Topliss-reactive ketones (excluding diaryl/α,β-unsaturated/α-hetero) is 1. The zero-order chi connectivity index (χ0) is 18.0. The third-order valence-corrected chi connectivity index (χ3v) is 4.63. The molecule has 0 fully saturated rings. The van der Waals surface area contributed by atoms with Crippen molar-refractivity contribution in [1.82, 2.24) is 0 Å². The summed E-state index contributed by atoms with van der Waals surface area (Å²) in [6.45, 7) is 1.56. The van der Waals surface area contributed by atoms with Gasteiger partial charge in [0.25, 0.3) is 0 Å². The number of nitro groups is 1. The first-order chi connectivity index (χ1) is 11.3. The minimum absolute atomic E-state index is 0.0435. The number of fused-ring (bicyclic) bond motifs is 1. The van der Waals surface area contributed by atoms with Gasteiger partial charge in [-0.2, -0.15) is 0 Å². The SMILES string of the molecule is COC(=O)[C@@H](C)CC(=O)c1cc2c([N+](=O)[O-])c(O)c(OC)cc2s1. The summed E-state index contributed by atoms with van der Waals surface area (Å²) in [7, 11) is 2.52. The van der Waals surface area contributed by atoms with E-state index in [-0.39, 0.29) is 28.2 Å². The largest absolute Gasteiger partial charge is 0.499 e. The van der Waals surface area contributed by atoms with Crippen LogP contribution in [0.5, 0.6) is 11.5 Å². The number of thiophene rings is 1. The first-order valence-corrected chi connectivity index (χ1v) is 7.70. The molecule has 0 bridgehead atoms. The first-order valence-electron chi connectivity index (χ1n) is 6.89. The Hall–Kier alpha value is -2.68. The zero-order valence-electron chi connectivity index (χ0n) is 13.2. The van der Waals surface area contributed by atoms with Gasteiger partial charge in [0, 0.05) is 17.2 Å². The molecule has 9 heteroatoms. The molecule has 0 saturated heterocycles. The van der Waals surface area contributed by atoms with E-state index in [4.69, 9.17) is 4.74 Å². The van der Waals surface area contributed by atoms with Gasteiger partial charge in [0.15, 0.2) is 11.5 Å². The van der Waals surface area contributed by atoms with Gasteiger partial charge in [0.05, 0.1) is 35.3 Å². The van der Waals surface area contributed by atoms with Gasteiger partial charge in [-0.15, -0.1) is 11.3 Å². The van der Waals surface area contributed by atoms with Crippen LogP contribution in [0.3, 0.4) is 0 Å². The van der Waals surface area contributed by atoms with Crippen LogP contribution in [0, 0.1) is 16.0 Å². The van der Waals surface area contributed by atoms with Crippen molar-refractivity contribution < 1.29 is 29.1 Å². The Morgan fingerprint density at radius 3 is 2.58 bits per heavy atom. The number of hydrogen-bond donors (Lipinski definition) is 1. The summed E-state index contributed by atoms with van der Waals surface area (Å²) in [6, 6.07) is 2.78. The number of carbonyl (C=O) groups excluding carboxylic acids is 2. The quantitative estimate of drug-likeness (QED) is 0.367. The third-order valence-electron chi connectivity index (χ3n) is 3.51. The second kappa shape index (κ2) is 6.83. The lowest BCUT2D eigenvalue weighted by atomic mass is 10.0. The summed E-state index contributed by atoms with van der Waals surface area (Å²) >= 11 is 1.04.